The first-order valence-corrected chi connectivity index (χ1v) is 13.2. The molecule has 1 atom stereocenters. The van der Waals surface area contributed by atoms with Crippen molar-refractivity contribution in [1.82, 2.24) is 19.8 Å². The van der Waals surface area contributed by atoms with E-state index in [1.54, 1.807) is 13.3 Å². The van der Waals surface area contributed by atoms with Crippen LogP contribution in [0.1, 0.15) is 63.3 Å². The van der Waals surface area contributed by atoms with Crippen molar-refractivity contribution in [3.63, 3.8) is 0 Å². The third-order valence-electron chi connectivity index (χ3n) is 9.07. The fraction of sp³-hybridized carbons (Fsp3) is 0.607. The Hall–Kier alpha value is -2.35. The van der Waals surface area contributed by atoms with Gasteiger partial charge in [-0.2, -0.15) is 0 Å². The van der Waals surface area contributed by atoms with Crippen LogP contribution in [-0.2, 0) is 5.54 Å². The van der Waals surface area contributed by atoms with Crippen LogP contribution >= 0.6 is 0 Å². The van der Waals surface area contributed by atoms with Gasteiger partial charge in [0.15, 0.2) is 12.2 Å². The maximum absolute atomic E-state index is 11.6. The number of aliphatic imine (C=N–C) groups is 1. The summed E-state index contributed by atoms with van der Waals surface area (Å²) in [6.45, 7) is 5.06. The molecule has 5 rings (SSSR count). The van der Waals surface area contributed by atoms with E-state index in [1.807, 2.05) is 12.4 Å². The van der Waals surface area contributed by atoms with E-state index < -0.39 is 6.35 Å². The second kappa shape index (κ2) is 9.96. The molecule has 35 heavy (non-hydrogen) atoms. The standard InChI is InChI=1S/C28H40N6O/c1-4-32(3)28(23-11-6-5-7-12-23)15-13-27(14-16-28)21-33(24-17-30-25(19-29-2)31-18-24)26(35)34(27)20-22-9-8-10-22/h5-7,11-12,17-19,22,26,35H,4,8-10,13-16,20-21H2,1-3H3. The first kappa shape index (κ1) is 24.3. The molecular weight excluding hydrogens is 436 g/mol. The lowest BCUT2D eigenvalue weighted by Crippen LogP contribution is -2.57. The molecule has 1 aromatic heterocycles. The Kier molecular flexibility index (Phi) is 6.93. The molecule has 1 N–H and O–H groups in total. The molecule has 0 bridgehead atoms. The summed E-state index contributed by atoms with van der Waals surface area (Å²) in [4.78, 5) is 20.0. The molecule has 7 nitrogen and oxygen atoms in total. The van der Waals surface area contributed by atoms with Crippen LogP contribution in [0.4, 0.5) is 5.69 Å². The molecular formula is C28H40N6O. The van der Waals surface area contributed by atoms with E-state index in [0.717, 1.165) is 51.0 Å². The van der Waals surface area contributed by atoms with E-state index in [2.05, 4.69) is 74.0 Å². The van der Waals surface area contributed by atoms with Gasteiger partial charge in [-0.15, -0.1) is 0 Å². The third-order valence-corrected chi connectivity index (χ3v) is 9.07. The van der Waals surface area contributed by atoms with E-state index in [9.17, 15) is 5.11 Å². The number of rotatable bonds is 7. The Labute approximate surface area is 209 Å². The van der Waals surface area contributed by atoms with Crippen LogP contribution in [0.15, 0.2) is 47.7 Å². The Morgan fingerprint density at radius 3 is 2.37 bits per heavy atom. The number of aliphatic hydroxyl groups is 1. The third kappa shape index (κ3) is 4.39. The van der Waals surface area contributed by atoms with Gasteiger partial charge >= 0.3 is 0 Å². The molecule has 1 aromatic carbocycles. The van der Waals surface area contributed by atoms with E-state index in [-0.39, 0.29) is 11.1 Å². The van der Waals surface area contributed by atoms with Crippen molar-refractivity contribution in [3.8, 4) is 0 Å². The van der Waals surface area contributed by atoms with E-state index >= 15 is 0 Å². The number of anilines is 1. The van der Waals surface area contributed by atoms with Crippen molar-refractivity contribution in [2.45, 2.75) is 69.3 Å². The van der Waals surface area contributed by atoms with E-state index in [4.69, 9.17) is 0 Å². The molecule has 2 saturated carbocycles. The van der Waals surface area contributed by atoms with E-state index in [1.165, 1.54) is 24.8 Å². The zero-order valence-electron chi connectivity index (χ0n) is 21.5. The number of aromatic nitrogens is 2. The van der Waals surface area contributed by atoms with Gasteiger partial charge in [0.05, 0.1) is 24.3 Å². The van der Waals surface area contributed by atoms with Gasteiger partial charge in [0.25, 0.3) is 0 Å². The molecule has 1 saturated heterocycles. The maximum Gasteiger partial charge on any atom is 0.187 e. The zero-order valence-corrected chi connectivity index (χ0v) is 21.5. The lowest BCUT2D eigenvalue weighted by Gasteiger charge is -2.52. The van der Waals surface area contributed by atoms with Gasteiger partial charge in [0, 0.05) is 31.2 Å². The Bertz CT molecular complexity index is 998. The molecule has 0 radical (unpaired) electrons. The smallest absolute Gasteiger partial charge is 0.187 e. The molecule has 1 unspecified atom stereocenters. The van der Waals surface area contributed by atoms with Gasteiger partial charge in [-0.3, -0.25) is 14.8 Å². The summed E-state index contributed by atoms with van der Waals surface area (Å²) in [6.07, 6.45) is 12.9. The van der Waals surface area contributed by atoms with Gasteiger partial charge < -0.3 is 10.0 Å². The summed E-state index contributed by atoms with van der Waals surface area (Å²) in [5.41, 5.74) is 2.31. The van der Waals surface area contributed by atoms with Gasteiger partial charge in [0.1, 0.15) is 0 Å². The summed E-state index contributed by atoms with van der Waals surface area (Å²) < 4.78 is 0. The molecule has 3 fully saturated rings. The van der Waals surface area contributed by atoms with Gasteiger partial charge in [-0.05, 0) is 63.6 Å². The van der Waals surface area contributed by atoms with Crippen LogP contribution in [0.25, 0.3) is 0 Å². The minimum atomic E-state index is -0.641. The highest BCUT2D eigenvalue weighted by molar-refractivity contribution is 5.74. The van der Waals surface area contributed by atoms with Crippen molar-refractivity contribution in [3.05, 3.63) is 54.1 Å². The number of benzene rings is 1. The number of nitrogens with zero attached hydrogens (tertiary/aromatic N) is 6. The fourth-order valence-corrected chi connectivity index (χ4v) is 6.55. The second-order valence-electron chi connectivity index (χ2n) is 10.7. The Morgan fingerprint density at radius 1 is 1.11 bits per heavy atom. The number of aliphatic hydroxyl groups excluding tert-OH is 1. The molecule has 7 heteroatoms. The van der Waals surface area contributed by atoms with Crippen LogP contribution < -0.4 is 4.90 Å². The Balaban J connectivity index is 1.43. The normalized spacial score (nSPS) is 30.0. The van der Waals surface area contributed by atoms with Gasteiger partial charge in [-0.1, -0.05) is 43.7 Å². The van der Waals surface area contributed by atoms with Crippen LogP contribution in [0.2, 0.25) is 0 Å². The zero-order chi connectivity index (χ0) is 24.5. The van der Waals surface area contributed by atoms with Gasteiger partial charge in [-0.25, -0.2) is 9.97 Å². The van der Waals surface area contributed by atoms with Crippen LogP contribution in [0, 0.1) is 5.92 Å². The molecule has 1 aliphatic heterocycles. The lowest BCUT2D eigenvalue weighted by molar-refractivity contribution is -0.0681. The Morgan fingerprint density at radius 2 is 1.80 bits per heavy atom. The SMILES string of the molecule is CCN(C)C1(c2ccccc2)CCC2(CC1)CN(c1cnc(C=NC)nc1)C(O)N2CC1CCC1. The van der Waals surface area contributed by atoms with Crippen molar-refractivity contribution in [2.75, 3.05) is 38.6 Å². The predicted molar refractivity (Wildman–Crippen MR) is 141 cm³/mol. The monoisotopic (exact) mass is 476 g/mol. The van der Waals surface area contributed by atoms with Crippen LogP contribution in [-0.4, -0.2) is 76.7 Å². The van der Waals surface area contributed by atoms with Crippen molar-refractivity contribution >= 4 is 11.9 Å². The lowest BCUT2D eigenvalue weighted by atomic mass is 9.68. The summed E-state index contributed by atoms with van der Waals surface area (Å²) >= 11 is 0. The highest BCUT2D eigenvalue weighted by atomic mass is 16.3. The average Bonchev–Trinajstić information content (AvgIpc) is 3.13. The summed E-state index contributed by atoms with van der Waals surface area (Å²) in [7, 11) is 3.99. The largest absolute Gasteiger partial charge is 0.361 e. The molecule has 2 aromatic rings. The van der Waals surface area contributed by atoms with Crippen LogP contribution in [0.3, 0.4) is 0 Å². The quantitative estimate of drug-likeness (QED) is 0.612. The maximum atomic E-state index is 11.6. The van der Waals surface area contributed by atoms with Crippen molar-refractivity contribution in [1.29, 1.82) is 0 Å². The summed E-state index contributed by atoms with van der Waals surface area (Å²) in [6, 6.07) is 11.0. The molecule has 1 spiro atoms. The molecule has 3 aliphatic rings. The first-order valence-electron chi connectivity index (χ1n) is 13.2. The number of hydrogen-bond donors (Lipinski definition) is 1. The van der Waals surface area contributed by atoms with Crippen molar-refractivity contribution < 1.29 is 5.11 Å². The summed E-state index contributed by atoms with van der Waals surface area (Å²) in [5.74, 6) is 1.29. The molecule has 188 valence electrons. The van der Waals surface area contributed by atoms with E-state index in [0.29, 0.717) is 11.7 Å². The summed E-state index contributed by atoms with van der Waals surface area (Å²) in [5, 5.41) is 11.6. The van der Waals surface area contributed by atoms with Crippen molar-refractivity contribution in [2.24, 2.45) is 10.9 Å². The fourth-order valence-electron chi connectivity index (χ4n) is 6.55. The van der Waals surface area contributed by atoms with Crippen LogP contribution in [0.5, 0.6) is 0 Å². The second-order valence-corrected chi connectivity index (χ2v) is 10.7. The topological polar surface area (TPSA) is 68.1 Å². The minimum absolute atomic E-state index is 0.0363. The first-order chi connectivity index (χ1) is 17.0. The predicted octanol–water partition coefficient (Wildman–Crippen LogP) is 3.88. The highest BCUT2D eigenvalue weighted by Gasteiger charge is 2.55. The van der Waals surface area contributed by atoms with Gasteiger partial charge in [0.2, 0.25) is 0 Å². The highest BCUT2D eigenvalue weighted by Crippen LogP contribution is 2.51. The molecule has 2 heterocycles. The average molecular weight is 477 g/mol. The number of hydrogen-bond acceptors (Lipinski definition) is 7. The molecule has 0 amide bonds. The minimum Gasteiger partial charge on any atom is -0.361 e. The molecule has 2 aliphatic carbocycles.